The van der Waals surface area contributed by atoms with Crippen molar-refractivity contribution >= 4 is 69.4 Å². The van der Waals surface area contributed by atoms with E-state index in [1.165, 1.54) is 0 Å². The Bertz CT molecular complexity index is 7.51. The quantitative estimate of drug-likeness (QED) is 0.596. The van der Waals surface area contributed by atoms with Crippen LogP contribution in [0.5, 0.6) is 0 Å². The normalized spacial score (nSPS) is 4.67. The van der Waals surface area contributed by atoms with Crippen LogP contribution in [0.2, 0.25) is 0 Å². The maximum absolute atomic E-state index is 4.92. The molecule has 0 aliphatic rings. The number of halogens is 4. The molecule has 0 aliphatic carbocycles. The van der Waals surface area contributed by atoms with Crippen molar-refractivity contribution in [1.82, 2.24) is 0 Å². The van der Waals surface area contributed by atoms with Gasteiger partial charge in [0.15, 0.2) is 0 Å². The molecule has 6 heteroatoms. The standard InChI is InChI=1S/4ClH.2Ga/h4*1H;;/q;;;;2*+2/p-4. The van der Waals surface area contributed by atoms with E-state index in [0.29, 0.717) is 0 Å². The third-order valence-corrected chi connectivity index (χ3v) is 0. The summed E-state index contributed by atoms with van der Waals surface area (Å²) < 4.78 is 0. The van der Waals surface area contributed by atoms with Gasteiger partial charge in [0.2, 0.25) is 0 Å². The van der Waals surface area contributed by atoms with Crippen molar-refractivity contribution in [3.05, 3.63) is 0 Å². The Balaban J connectivity index is 0. The van der Waals surface area contributed by atoms with Crippen LogP contribution in [0.25, 0.3) is 0 Å². The van der Waals surface area contributed by atoms with Crippen LogP contribution in [0.15, 0.2) is 0 Å². The molecule has 2 radical (unpaired) electrons. The second kappa shape index (κ2) is 15.7. The zero-order valence-corrected chi connectivity index (χ0v) is 10.5. The van der Waals surface area contributed by atoms with Crippen LogP contribution in [0, 0.1) is 0 Å². The first-order valence-corrected chi connectivity index (χ1v) is 13.6. The Morgan fingerprint density at radius 3 is 0.667 bits per heavy atom. The molecule has 0 amide bonds. The van der Waals surface area contributed by atoms with Crippen LogP contribution >= 0.6 is 38.6 Å². The molecule has 34 valence electrons. The van der Waals surface area contributed by atoms with Crippen molar-refractivity contribution in [2.45, 2.75) is 0 Å². The molecule has 6 heavy (non-hydrogen) atoms. The average molecular weight is 281 g/mol. The van der Waals surface area contributed by atoms with E-state index in [1.54, 1.807) is 0 Å². The third-order valence-electron chi connectivity index (χ3n) is 0. The van der Waals surface area contributed by atoms with E-state index in [0.717, 1.165) is 0 Å². The molecule has 0 unspecified atom stereocenters. The van der Waals surface area contributed by atoms with Gasteiger partial charge in [-0.25, -0.2) is 0 Å². The van der Waals surface area contributed by atoms with Gasteiger partial charge in [-0.1, -0.05) is 0 Å². The van der Waals surface area contributed by atoms with E-state index >= 15 is 0 Å². The first-order chi connectivity index (χ1) is 2.83. The zero-order valence-electron chi connectivity index (χ0n) is 2.67. The Hall–Kier alpha value is 2.43. The molecule has 0 rings (SSSR count). The Morgan fingerprint density at radius 2 is 0.667 bits per heavy atom. The summed E-state index contributed by atoms with van der Waals surface area (Å²) in [7, 11) is 19.7. The summed E-state index contributed by atoms with van der Waals surface area (Å²) >= 11 is -1.49. The fraction of sp³-hybridized carbons (Fsp3) is 0. The van der Waals surface area contributed by atoms with Crippen molar-refractivity contribution in [2.75, 3.05) is 0 Å². The zero-order chi connectivity index (χ0) is 5.41. The molecule has 0 saturated heterocycles. The van der Waals surface area contributed by atoms with Crippen molar-refractivity contribution < 1.29 is 0 Å². The Kier molecular flexibility index (Phi) is 29.4. The first kappa shape index (κ1) is 11.3. The van der Waals surface area contributed by atoms with E-state index in [1.807, 2.05) is 0 Å². The van der Waals surface area contributed by atoms with Gasteiger partial charge < -0.3 is 0 Å². The SMILES string of the molecule is [Cl][Ga][Cl].[Cl][Ga][Cl]. The van der Waals surface area contributed by atoms with E-state index in [-0.39, 0.29) is 0 Å². The van der Waals surface area contributed by atoms with Crippen LogP contribution in [-0.2, 0) is 0 Å². The number of rotatable bonds is 0. The van der Waals surface area contributed by atoms with Crippen molar-refractivity contribution in [3.63, 3.8) is 0 Å². The second-order valence-electron chi connectivity index (χ2n) is 0.165. The minimum atomic E-state index is -0.743. The Labute approximate surface area is 68.5 Å². The van der Waals surface area contributed by atoms with Gasteiger partial charge in [-0.3, -0.25) is 0 Å². The fourth-order valence-electron chi connectivity index (χ4n) is 0. The molecule has 0 fully saturated rings. The maximum atomic E-state index is 4.92. The summed E-state index contributed by atoms with van der Waals surface area (Å²) in [5.74, 6) is 0. The second-order valence-corrected chi connectivity index (χ2v) is 7.71. The van der Waals surface area contributed by atoms with Gasteiger partial charge in [0.05, 0.1) is 0 Å². The topological polar surface area (TPSA) is 0 Å². The molecular formula is Cl4Ga2. The Morgan fingerprint density at radius 1 is 0.667 bits per heavy atom. The van der Waals surface area contributed by atoms with Crippen molar-refractivity contribution in [2.24, 2.45) is 0 Å². The van der Waals surface area contributed by atoms with Crippen LogP contribution in [0.1, 0.15) is 0 Å². The van der Waals surface area contributed by atoms with Gasteiger partial charge in [0.25, 0.3) is 0 Å². The molecule has 0 aromatic carbocycles. The summed E-state index contributed by atoms with van der Waals surface area (Å²) in [5, 5.41) is 0. The molecule has 0 atom stereocenters. The van der Waals surface area contributed by atoms with Gasteiger partial charge in [0, 0.05) is 0 Å². The summed E-state index contributed by atoms with van der Waals surface area (Å²) in [6.45, 7) is 0. The van der Waals surface area contributed by atoms with Gasteiger partial charge >= 0.3 is 69.4 Å². The van der Waals surface area contributed by atoms with Crippen LogP contribution in [-0.4, -0.2) is 30.8 Å². The molecule has 0 N–H and O–H groups in total. The summed E-state index contributed by atoms with van der Waals surface area (Å²) in [6, 6.07) is 0. The molecular weight excluding hydrogens is 281 g/mol. The van der Waals surface area contributed by atoms with Crippen molar-refractivity contribution in [3.8, 4) is 0 Å². The monoisotopic (exact) mass is 278 g/mol. The number of hydrogen-bond acceptors (Lipinski definition) is 0. The molecule has 0 saturated carbocycles. The molecule has 0 aromatic heterocycles. The summed E-state index contributed by atoms with van der Waals surface area (Å²) in [6.07, 6.45) is 0. The minimum absolute atomic E-state index is 0.743. The van der Waals surface area contributed by atoms with Gasteiger partial charge in [-0.15, -0.1) is 0 Å². The van der Waals surface area contributed by atoms with Crippen LogP contribution in [0.4, 0.5) is 0 Å². The third kappa shape index (κ3) is 32.1. The van der Waals surface area contributed by atoms with Gasteiger partial charge in [-0.05, 0) is 0 Å². The molecule has 0 aliphatic heterocycles. The molecule has 0 spiro atoms. The number of hydrogen-bond donors (Lipinski definition) is 0. The van der Waals surface area contributed by atoms with Crippen LogP contribution < -0.4 is 0 Å². The summed E-state index contributed by atoms with van der Waals surface area (Å²) in [5.41, 5.74) is 0. The van der Waals surface area contributed by atoms with E-state index in [9.17, 15) is 0 Å². The van der Waals surface area contributed by atoms with Gasteiger partial charge in [0.1, 0.15) is 0 Å². The predicted octanol–water partition coefficient (Wildman–Crippen LogP) is 2.00. The average Bonchev–Trinajstić information content (AvgIpc) is 1.39. The fourth-order valence-corrected chi connectivity index (χ4v) is 0. The summed E-state index contributed by atoms with van der Waals surface area (Å²) in [4.78, 5) is 0. The first-order valence-electron chi connectivity index (χ1n) is 0.873. The predicted molar refractivity (Wildman–Crippen MR) is 34.9 cm³/mol. The van der Waals surface area contributed by atoms with E-state index in [2.05, 4.69) is 0 Å². The van der Waals surface area contributed by atoms with Crippen LogP contribution in [0.3, 0.4) is 0 Å². The molecule has 0 heterocycles. The molecule has 0 bridgehead atoms. The molecule has 0 nitrogen and oxygen atoms in total. The molecule has 0 aromatic rings. The van der Waals surface area contributed by atoms with E-state index in [4.69, 9.17) is 38.6 Å². The van der Waals surface area contributed by atoms with E-state index < -0.39 is 30.8 Å². The van der Waals surface area contributed by atoms with Crippen molar-refractivity contribution in [1.29, 1.82) is 0 Å². The van der Waals surface area contributed by atoms with Gasteiger partial charge in [-0.2, -0.15) is 0 Å².